The Balaban J connectivity index is 1.41. The highest BCUT2D eigenvalue weighted by atomic mass is 16.6. The molecule has 2 saturated heterocycles. The molecule has 1 aromatic heterocycles. The first kappa shape index (κ1) is 17.9. The molecule has 2 atom stereocenters. The zero-order valence-electron chi connectivity index (χ0n) is 15.5. The van der Waals surface area contributed by atoms with Crippen LogP contribution in [0.2, 0.25) is 0 Å². The normalized spacial score (nSPS) is 23.3. The molecule has 9 nitrogen and oxygen atoms in total. The molecule has 3 aliphatic rings. The molecule has 2 amide bonds. The summed E-state index contributed by atoms with van der Waals surface area (Å²) in [4.78, 5) is 31.7. The molecule has 29 heavy (non-hydrogen) atoms. The van der Waals surface area contributed by atoms with Gasteiger partial charge >= 0.3 is 6.09 Å². The highest BCUT2D eigenvalue weighted by molar-refractivity contribution is 5.95. The fourth-order valence-corrected chi connectivity index (χ4v) is 3.84. The predicted octanol–water partition coefficient (Wildman–Crippen LogP) is 1.19. The summed E-state index contributed by atoms with van der Waals surface area (Å²) in [6, 6.07) is 8.89. The lowest BCUT2D eigenvalue weighted by Gasteiger charge is -2.31. The van der Waals surface area contributed by atoms with Gasteiger partial charge < -0.3 is 19.3 Å². The highest BCUT2D eigenvalue weighted by Crippen LogP contribution is 2.41. The lowest BCUT2D eigenvalue weighted by Crippen LogP contribution is -2.45. The number of ether oxygens (including phenoxy) is 3. The molecule has 150 valence electrons. The molecule has 0 radical (unpaired) electrons. The van der Waals surface area contributed by atoms with Crippen LogP contribution >= 0.6 is 0 Å². The lowest BCUT2D eigenvalue weighted by molar-refractivity contribution is -0.125. The quantitative estimate of drug-likeness (QED) is 0.830. The van der Waals surface area contributed by atoms with E-state index < -0.39 is 12.2 Å². The van der Waals surface area contributed by atoms with Gasteiger partial charge in [-0.15, -0.1) is 0 Å². The van der Waals surface area contributed by atoms with Crippen LogP contribution in [0.25, 0.3) is 11.1 Å². The molecule has 0 saturated carbocycles. The molecule has 3 aliphatic heterocycles. The van der Waals surface area contributed by atoms with Crippen molar-refractivity contribution in [2.45, 2.75) is 12.1 Å². The van der Waals surface area contributed by atoms with Crippen molar-refractivity contribution >= 4 is 23.5 Å². The molecule has 5 rings (SSSR count). The number of nitrogens with zero attached hydrogens (tertiary/aromatic N) is 3. The zero-order valence-corrected chi connectivity index (χ0v) is 15.5. The number of cyclic esters (lactones) is 1. The molecule has 2 aromatic rings. The number of morpholine rings is 1. The van der Waals surface area contributed by atoms with Crippen LogP contribution in [0, 0.1) is 0 Å². The summed E-state index contributed by atoms with van der Waals surface area (Å²) < 4.78 is 16.2. The van der Waals surface area contributed by atoms with Gasteiger partial charge in [0, 0.05) is 11.8 Å². The molecule has 9 heteroatoms. The van der Waals surface area contributed by atoms with Crippen LogP contribution in [0.4, 0.5) is 16.3 Å². The molecule has 2 fully saturated rings. The van der Waals surface area contributed by atoms with Gasteiger partial charge in [0.2, 0.25) is 0 Å². The van der Waals surface area contributed by atoms with Crippen molar-refractivity contribution in [2.75, 3.05) is 42.8 Å². The maximum absolute atomic E-state index is 12.2. The van der Waals surface area contributed by atoms with Gasteiger partial charge in [0.15, 0.2) is 6.10 Å². The topological polar surface area (TPSA) is 101 Å². The van der Waals surface area contributed by atoms with Gasteiger partial charge in [0.1, 0.15) is 30.8 Å². The van der Waals surface area contributed by atoms with Crippen LogP contribution in [-0.2, 0) is 14.3 Å². The first-order valence-electron chi connectivity index (χ1n) is 9.38. The average Bonchev–Trinajstić information content (AvgIpc) is 3.10. The van der Waals surface area contributed by atoms with Crippen LogP contribution in [0.5, 0.6) is 5.75 Å². The smallest absolute Gasteiger partial charge is 0.415 e. The van der Waals surface area contributed by atoms with Crippen LogP contribution < -0.4 is 14.5 Å². The minimum atomic E-state index is -0.588. The molecule has 1 N–H and O–H groups in total. The van der Waals surface area contributed by atoms with E-state index in [0.717, 1.165) is 11.1 Å². The van der Waals surface area contributed by atoms with Crippen molar-refractivity contribution in [3.05, 3.63) is 36.5 Å². The number of rotatable bonds is 3. The number of aliphatic hydroxyl groups is 1. The number of aliphatic hydroxyl groups excluding tert-OH is 1. The average molecular weight is 397 g/mol. The third-order valence-electron chi connectivity index (χ3n) is 5.36. The molecule has 0 bridgehead atoms. The Morgan fingerprint density at radius 3 is 2.79 bits per heavy atom. The number of benzene rings is 1. The van der Waals surface area contributed by atoms with E-state index in [0.29, 0.717) is 30.4 Å². The van der Waals surface area contributed by atoms with Crippen LogP contribution in [0.1, 0.15) is 0 Å². The lowest BCUT2D eigenvalue weighted by atomic mass is 10.0. The van der Waals surface area contributed by atoms with Gasteiger partial charge in [-0.05, 0) is 29.8 Å². The Labute approximate surface area is 166 Å². The fourth-order valence-electron chi connectivity index (χ4n) is 3.84. The number of aromatic nitrogens is 1. The standard InChI is InChI=1S/C20H19N3O6/c24-9-17-15-10-28-16-7-12(1-3-14(16)23(15)20(26)29-17)13-2-4-18(21-8-13)22-5-6-27-11-19(22)25/h1-4,7-8,15,17,24H,5-6,9-11H2/t15-,17-/m0/s1. The van der Waals surface area contributed by atoms with Crippen molar-refractivity contribution in [1.29, 1.82) is 0 Å². The number of carbonyl (C=O) groups excluding carboxylic acids is 2. The van der Waals surface area contributed by atoms with E-state index in [9.17, 15) is 14.7 Å². The molecule has 0 aliphatic carbocycles. The number of hydrogen-bond donors (Lipinski definition) is 1. The number of hydrogen-bond acceptors (Lipinski definition) is 7. The highest BCUT2D eigenvalue weighted by Gasteiger charge is 2.46. The van der Waals surface area contributed by atoms with Crippen molar-refractivity contribution < 1.29 is 28.9 Å². The van der Waals surface area contributed by atoms with Crippen molar-refractivity contribution in [1.82, 2.24) is 4.98 Å². The third kappa shape index (κ3) is 2.99. The summed E-state index contributed by atoms with van der Waals surface area (Å²) in [5.41, 5.74) is 2.36. The molecular formula is C20H19N3O6. The zero-order chi connectivity index (χ0) is 20.0. The molecule has 1 aromatic carbocycles. The minimum Gasteiger partial charge on any atom is -0.489 e. The van der Waals surface area contributed by atoms with E-state index in [2.05, 4.69) is 4.98 Å². The number of amides is 2. The fraction of sp³-hybridized carbons (Fsp3) is 0.350. The van der Waals surface area contributed by atoms with Gasteiger partial charge in [0.05, 0.1) is 25.4 Å². The molecule has 0 spiro atoms. The van der Waals surface area contributed by atoms with Gasteiger partial charge in [0.25, 0.3) is 5.91 Å². The van der Waals surface area contributed by atoms with Crippen molar-refractivity contribution in [2.24, 2.45) is 0 Å². The van der Waals surface area contributed by atoms with Crippen LogP contribution in [0.3, 0.4) is 0 Å². The Kier molecular flexibility index (Phi) is 4.33. The third-order valence-corrected chi connectivity index (χ3v) is 5.36. The van der Waals surface area contributed by atoms with Gasteiger partial charge in [-0.1, -0.05) is 6.07 Å². The van der Waals surface area contributed by atoms with Crippen molar-refractivity contribution in [3.8, 4) is 16.9 Å². The number of pyridine rings is 1. The largest absolute Gasteiger partial charge is 0.489 e. The summed E-state index contributed by atoms with van der Waals surface area (Å²) in [7, 11) is 0. The molecule has 4 heterocycles. The van der Waals surface area contributed by atoms with E-state index >= 15 is 0 Å². The molecular weight excluding hydrogens is 378 g/mol. The second kappa shape index (κ2) is 7.02. The maximum atomic E-state index is 12.2. The Hall–Kier alpha value is -3.17. The van der Waals surface area contributed by atoms with E-state index in [4.69, 9.17) is 14.2 Å². The van der Waals surface area contributed by atoms with Gasteiger partial charge in [-0.3, -0.25) is 14.6 Å². The first-order valence-corrected chi connectivity index (χ1v) is 9.38. The Morgan fingerprint density at radius 1 is 1.17 bits per heavy atom. The maximum Gasteiger partial charge on any atom is 0.415 e. The van der Waals surface area contributed by atoms with Crippen molar-refractivity contribution in [3.63, 3.8) is 0 Å². The van der Waals surface area contributed by atoms with E-state index in [-0.39, 0.29) is 31.8 Å². The Morgan fingerprint density at radius 2 is 2.03 bits per heavy atom. The Bertz CT molecular complexity index is 963. The summed E-state index contributed by atoms with van der Waals surface area (Å²) in [5, 5.41) is 9.40. The first-order chi connectivity index (χ1) is 14.2. The van der Waals surface area contributed by atoms with Crippen LogP contribution in [0.15, 0.2) is 36.5 Å². The van der Waals surface area contributed by atoms with E-state index in [1.54, 1.807) is 23.2 Å². The summed E-state index contributed by atoms with van der Waals surface area (Å²) in [5.74, 6) is 1.06. The number of anilines is 2. The predicted molar refractivity (Wildman–Crippen MR) is 102 cm³/mol. The van der Waals surface area contributed by atoms with Gasteiger partial charge in [-0.25, -0.2) is 9.78 Å². The van der Waals surface area contributed by atoms with Gasteiger partial charge in [-0.2, -0.15) is 0 Å². The summed E-state index contributed by atoms with van der Waals surface area (Å²) in [6.45, 7) is 1.06. The van der Waals surface area contributed by atoms with E-state index in [1.807, 2.05) is 18.2 Å². The monoisotopic (exact) mass is 397 g/mol. The minimum absolute atomic E-state index is 0.0721. The SMILES string of the molecule is O=C1COCCN1c1ccc(-c2ccc3c(c2)OC[C@H]2[C@H](CO)OC(=O)N32)cn1. The van der Waals surface area contributed by atoms with Crippen LogP contribution in [-0.4, -0.2) is 67.2 Å². The molecule has 0 unspecified atom stereocenters. The number of fused-ring (bicyclic) bond motifs is 3. The number of carbonyl (C=O) groups is 2. The summed E-state index contributed by atoms with van der Waals surface area (Å²) >= 11 is 0. The second-order valence-corrected chi connectivity index (χ2v) is 7.04. The van der Waals surface area contributed by atoms with E-state index in [1.165, 1.54) is 4.90 Å². The summed E-state index contributed by atoms with van der Waals surface area (Å²) in [6.07, 6.45) is 0.639. The second-order valence-electron chi connectivity index (χ2n) is 7.04.